The van der Waals surface area contributed by atoms with Crippen molar-refractivity contribution in [1.82, 2.24) is 5.32 Å². The molecule has 0 saturated carbocycles. The van der Waals surface area contributed by atoms with Crippen molar-refractivity contribution in [2.45, 2.75) is 6.92 Å². The van der Waals surface area contributed by atoms with Gasteiger partial charge < -0.3 is 10.1 Å². The minimum absolute atomic E-state index is 0.101. The van der Waals surface area contributed by atoms with E-state index >= 15 is 0 Å². The third-order valence-electron chi connectivity index (χ3n) is 2.47. The quantitative estimate of drug-likeness (QED) is 0.499. The molecule has 2 amide bonds. The fraction of sp³-hybridized carbons (Fsp3) is 0.286. The largest absolute Gasteiger partial charge is 0.461 e. The lowest BCUT2D eigenvalue weighted by Crippen LogP contribution is -2.41. The zero-order valence-electron chi connectivity index (χ0n) is 11.3. The van der Waals surface area contributed by atoms with Gasteiger partial charge in [-0.05, 0) is 25.1 Å². The predicted molar refractivity (Wildman–Crippen MR) is 79.0 cm³/mol. The van der Waals surface area contributed by atoms with Crippen LogP contribution in [-0.4, -0.2) is 31.7 Å². The van der Waals surface area contributed by atoms with Crippen molar-refractivity contribution in [3.05, 3.63) is 41.9 Å². The highest BCUT2D eigenvalue weighted by Gasteiger charge is 2.13. The number of nitrogens with one attached hydrogen (secondary N) is 1. The molecule has 0 aliphatic heterocycles. The molecule has 0 fully saturated rings. The number of halogens is 1. The summed E-state index contributed by atoms with van der Waals surface area (Å²) in [6.07, 6.45) is 1.08. The molecule has 0 aliphatic rings. The van der Waals surface area contributed by atoms with Crippen LogP contribution in [0.1, 0.15) is 6.92 Å². The molecule has 0 atom stereocenters. The van der Waals surface area contributed by atoms with Gasteiger partial charge in [-0.2, -0.15) is 0 Å². The molecule has 0 unspecified atom stereocenters. The van der Waals surface area contributed by atoms with E-state index in [-0.39, 0.29) is 19.2 Å². The third kappa shape index (κ3) is 4.93. The molecule has 0 aliphatic carbocycles. The standard InChI is InChI=1S/C14H17ClN2O3/c1-3-13(18)20-9-8-16-14(19)17(4-2)12-7-5-6-11(15)10-12/h3,5-7,10H,1,4,8-9H2,2H3,(H,16,19). The summed E-state index contributed by atoms with van der Waals surface area (Å²) in [5.41, 5.74) is 0.709. The lowest BCUT2D eigenvalue weighted by Gasteiger charge is -2.21. The molecule has 0 spiro atoms. The Morgan fingerprint density at radius 2 is 2.25 bits per heavy atom. The molecule has 1 N–H and O–H groups in total. The van der Waals surface area contributed by atoms with Crippen LogP contribution in [-0.2, 0) is 9.53 Å². The SMILES string of the molecule is C=CC(=O)OCCNC(=O)N(CC)c1cccc(Cl)c1. The van der Waals surface area contributed by atoms with Gasteiger partial charge in [0.05, 0.1) is 6.54 Å². The van der Waals surface area contributed by atoms with E-state index < -0.39 is 5.97 Å². The molecule has 108 valence electrons. The normalized spacial score (nSPS) is 9.70. The Balaban J connectivity index is 2.51. The number of rotatable bonds is 6. The molecular formula is C14H17ClN2O3. The van der Waals surface area contributed by atoms with Crippen LogP contribution in [0.2, 0.25) is 5.02 Å². The Hall–Kier alpha value is -2.01. The number of benzene rings is 1. The van der Waals surface area contributed by atoms with Gasteiger partial charge in [-0.3, -0.25) is 4.90 Å². The van der Waals surface area contributed by atoms with Gasteiger partial charge >= 0.3 is 12.0 Å². The highest BCUT2D eigenvalue weighted by atomic mass is 35.5. The Labute approximate surface area is 123 Å². The van der Waals surface area contributed by atoms with E-state index in [9.17, 15) is 9.59 Å². The summed E-state index contributed by atoms with van der Waals surface area (Å²) < 4.78 is 4.77. The Morgan fingerprint density at radius 1 is 1.50 bits per heavy atom. The summed E-state index contributed by atoms with van der Waals surface area (Å²) in [6, 6.07) is 6.75. The Morgan fingerprint density at radius 3 is 2.85 bits per heavy atom. The smallest absolute Gasteiger partial charge is 0.330 e. The van der Waals surface area contributed by atoms with Crippen LogP contribution in [0.5, 0.6) is 0 Å². The van der Waals surface area contributed by atoms with Crippen molar-refractivity contribution in [2.24, 2.45) is 0 Å². The fourth-order valence-corrected chi connectivity index (χ4v) is 1.74. The molecule has 5 nitrogen and oxygen atoms in total. The summed E-state index contributed by atoms with van der Waals surface area (Å²) in [5.74, 6) is -0.513. The van der Waals surface area contributed by atoms with E-state index in [2.05, 4.69) is 11.9 Å². The molecule has 0 saturated heterocycles. The van der Waals surface area contributed by atoms with Gasteiger partial charge in [0.25, 0.3) is 0 Å². The van der Waals surface area contributed by atoms with Crippen molar-refractivity contribution in [2.75, 3.05) is 24.6 Å². The van der Waals surface area contributed by atoms with Gasteiger partial charge in [0, 0.05) is 23.3 Å². The number of urea groups is 1. The third-order valence-corrected chi connectivity index (χ3v) is 2.71. The molecule has 0 radical (unpaired) electrons. The summed E-state index contributed by atoms with van der Waals surface area (Å²) in [4.78, 5) is 24.4. The maximum atomic E-state index is 12.0. The second kappa shape index (κ2) is 8.22. The number of hydrogen-bond acceptors (Lipinski definition) is 3. The number of ether oxygens (including phenoxy) is 1. The van der Waals surface area contributed by atoms with Crippen molar-refractivity contribution in [3.8, 4) is 0 Å². The summed E-state index contributed by atoms with van der Waals surface area (Å²) >= 11 is 5.90. The lowest BCUT2D eigenvalue weighted by molar-refractivity contribution is -0.137. The molecule has 0 bridgehead atoms. The highest BCUT2D eigenvalue weighted by Crippen LogP contribution is 2.19. The van der Waals surface area contributed by atoms with Gasteiger partial charge in [0.2, 0.25) is 0 Å². The summed E-state index contributed by atoms with van der Waals surface area (Å²) in [6.45, 7) is 5.97. The van der Waals surface area contributed by atoms with Gasteiger partial charge in [-0.25, -0.2) is 9.59 Å². The minimum atomic E-state index is -0.513. The van der Waals surface area contributed by atoms with E-state index in [1.165, 1.54) is 0 Å². The number of esters is 1. The molecular weight excluding hydrogens is 280 g/mol. The van der Waals surface area contributed by atoms with E-state index in [1.807, 2.05) is 6.92 Å². The van der Waals surface area contributed by atoms with Crippen LogP contribution >= 0.6 is 11.6 Å². The number of anilines is 1. The Bertz CT molecular complexity index is 491. The number of carbonyl (C=O) groups excluding carboxylic acids is 2. The number of hydrogen-bond donors (Lipinski definition) is 1. The van der Waals surface area contributed by atoms with Crippen molar-refractivity contribution in [1.29, 1.82) is 0 Å². The average Bonchev–Trinajstić information content (AvgIpc) is 2.44. The van der Waals surface area contributed by atoms with Crippen molar-refractivity contribution < 1.29 is 14.3 Å². The van der Waals surface area contributed by atoms with Gasteiger partial charge in [-0.1, -0.05) is 24.2 Å². The molecule has 1 aromatic carbocycles. The van der Waals surface area contributed by atoms with Crippen LogP contribution in [0, 0.1) is 0 Å². The second-order valence-electron chi connectivity index (χ2n) is 3.83. The molecule has 6 heteroatoms. The topological polar surface area (TPSA) is 58.6 Å². The number of amides is 2. The Kier molecular flexibility index (Phi) is 6.59. The molecule has 1 rings (SSSR count). The van der Waals surface area contributed by atoms with Crippen LogP contribution in [0.3, 0.4) is 0 Å². The molecule has 20 heavy (non-hydrogen) atoms. The summed E-state index contributed by atoms with van der Waals surface area (Å²) in [7, 11) is 0. The zero-order valence-corrected chi connectivity index (χ0v) is 12.0. The van der Waals surface area contributed by atoms with Crippen LogP contribution in [0.4, 0.5) is 10.5 Å². The zero-order chi connectivity index (χ0) is 15.0. The summed E-state index contributed by atoms with van der Waals surface area (Å²) in [5, 5.41) is 3.23. The minimum Gasteiger partial charge on any atom is -0.461 e. The van der Waals surface area contributed by atoms with E-state index in [0.717, 1.165) is 6.08 Å². The maximum absolute atomic E-state index is 12.0. The van der Waals surface area contributed by atoms with Gasteiger partial charge in [0.15, 0.2) is 0 Å². The van der Waals surface area contributed by atoms with Gasteiger partial charge in [-0.15, -0.1) is 0 Å². The van der Waals surface area contributed by atoms with Crippen LogP contribution in [0.25, 0.3) is 0 Å². The average molecular weight is 297 g/mol. The van der Waals surface area contributed by atoms with Gasteiger partial charge in [0.1, 0.15) is 6.61 Å². The van der Waals surface area contributed by atoms with Crippen LogP contribution < -0.4 is 10.2 Å². The number of carbonyl (C=O) groups is 2. The fourth-order valence-electron chi connectivity index (χ4n) is 1.55. The van der Waals surface area contributed by atoms with Crippen LogP contribution in [0.15, 0.2) is 36.9 Å². The first kappa shape index (κ1) is 16.0. The molecule has 0 aromatic heterocycles. The molecule has 0 heterocycles. The van der Waals surface area contributed by atoms with Crippen molar-refractivity contribution >= 4 is 29.3 Å². The second-order valence-corrected chi connectivity index (χ2v) is 4.26. The van der Waals surface area contributed by atoms with Crippen molar-refractivity contribution in [3.63, 3.8) is 0 Å². The van der Waals surface area contributed by atoms with E-state index in [4.69, 9.17) is 16.3 Å². The van der Waals surface area contributed by atoms with E-state index in [1.54, 1.807) is 29.2 Å². The molecule has 1 aromatic rings. The first-order valence-corrected chi connectivity index (χ1v) is 6.56. The lowest BCUT2D eigenvalue weighted by atomic mass is 10.3. The highest BCUT2D eigenvalue weighted by molar-refractivity contribution is 6.30. The first-order valence-electron chi connectivity index (χ1n) is 6.18. The first-order chi connectivity index (χ1) is 9.58. The number of nitrogens with zero attached hydrogens (tertiary/aromatic N) is 1. The monoisotopic (exact) mass is 296 g/mol. The predicted octanol–water partition coefficient (Wildman–Crippen LogP) is 2.61. The van der Waals surface area contributed by atoms with E-state index in [0.29, 0.717) is 17.3 Å². The maximum Gasteiger partial charge on any atom is 0.330 e.